The molecule has 0 radical (unpaired) electrons. The zero-order valence-electron chi connectivity index (χ0n) is 13.1. The van der Waals surface area contributed by atoms with Crippen molar-refractivity contribution in [3.63, 3.8) is 0 Å². The number of amides is 1. The van der Waals surface area contributed by atoms with Crippen LogP contribution in [0.2, 0.25) is 0 Å². The van der Waals surface area contributed by atoms with E-state index >= 15 is 0 Å². The predicted octanol–water partition coefficient (Wildman–Crippen LogP) is 2.87. The number of carbonyl (C=O) groups excluding carboxylic acids is 1. The molecule has 23 heavy (non-hydrogen) atoms. The molecule has 0 aromatic heterocycles. The number of nitrogens with one attached hydrogen (secondary N) is 2. The summed E-state index contributed by atoms with van der Waals surface area (Å²) >= 11 is 0. The van der Waals surface area contributed by atoms with Gasteiger partial charge in [0.2, 0.25) is 5.91 Å². The van der Waals surface area contributed by atoms with Gasteiger partial charge in [-0.1, -0.05) is 54.6 Å². The first-order valence-corrected chi connectivity index (χ1v) is 7.95. The van der Waals surface area contributed by atoms with Crippen LogP contribution in [0.1, 0.15) is 23.1 Å². The van der Waals surface area contributed by atoms with Crippen molar-refractivity contribution in [1.82, 2.24) is 10.6 Å². The lowest BCUT2D eigenvalue weighted by Crippen LogP contribution is -2.47. The molecular formula is C19H23ClN2O. The van der Waals surface area contributed by atoms with Crippen LogP contribution in [0.3, 0.4) is 0 Å². The van der Waals surface area contributed by atoms with E-state index in [1.807, 2.05) is 18.2 Å². The molecule has 0 bridgehead atoms. The van der Waals surface area contributed by atoms with Gasteiger partial charge in [0, 0.05) is 13.1 Å². The first-order chi connectivity index (χ1) is 10.8. The van der Waals surface area contributed by atoms with Crippen molar-refractivity contribution in [1.29, 1.82) is 0 Å². The normalized spacial score (nSPS) is 16.1. The molecule has 0 saturated heterocycles. The van der Waals surface area contributed by atoms with Crippen LogP contribution in [0.5, 0.6) is 0 Å². The van der Waals surface area contributed by atoms with Crippen LogP contribution >= 0.6 is 12.4 Å². The number of fused-ring (bicyclic) bond motifs is 1. The second-order valence-corrected chi connectivity index (χ2v) is 5.79. The number of rotatable bonds is 5. The van der Waals surface area contributed by atoms with Gasteiger partial charge in [-0.2, -0.15) is 0 Å². The second-order valence-electron chi connectivity index (χ2n) is 5.79. The molecule has 0 spiro atoms. The molecule has 3 rings (SSSR count). The van der Waals surface area contributed by atoms with E-state index in [0.717, 1.165) is 32.4 Å². The Labute approximate surface area is 143 Å². The molecule has 1 atom stereocenters. The van der Waals surface area contributed by atoms with E-state index in [2.05, 4.69) is 47.0 Å². The molecule has 0 saturated carbocycles. The lowest BCUT2D eigenvalue weighted by atomic mass is 9.95. The van der Waals surface area contributed by atoms with Crippen LogP contribution < -0.4 is 10.6 Å². The van der Waals surface area contributed by atoms with Crippen molar-refractivity contribution >= 4 is 18.3 Å². The average molecular weight is 331 g/mol. The molecule has 122 valence electrons. The molecule has 1 heterocycles. The molecular weight excluding hydrogens is 308 g/mol. The van der Waals surface area contributed by atoms with Gasteiger partial charge in [-0.25, -0.2) is 0 Å². The molecule has 1 amide bonds. The number of benzene rings is 2. The Balaban J connectivity index is 0.00000192. The number of hydrogen-bond acceptors (Lipinski definition) is 2. The summed E-state index contributed by atoms with van der Waals surface area (Å²) < 4.78 is 0. The quantitative estimate of drug-likeness (QED) is 0.828. The minimum Gasteiger partial charge on any atom is -0.355 e. The van der Waals surface area contributed by atoms with Gasteiger partial charge < -0.3 is 10.6 Å². The summed E-state index contributed by atoms with van der Waals surface area (Å²) in [5.41, 5.74) is 3.91. The Hall–Kier alpha value is -1.84. The van der Waals surface area contributed by atoms with Crippen molar-refractivity contribution in [2.75, 3.05) is 6.54 Å². The van der Waals surface area contributed by atoms with Crippen molar-refractivity contribution in [2.24, 2.45) is 0 Å². The fourth-order valence-electron chi connectivity index (χ4n) is 2.91. The predicted molar refractivity (Wildman–Crippen MR) is 95.8 cm³/mol. The highest BCUT2D eigenvalue weighted by Crippen LogP contribution is 2.16. The minimum atomic E-state index is -0.105. The van der Waals surface area contributed by atoms with Gasteiger partial charge >= 0.3 is 0 Å². The van der Waals surface area contributed by atoms with Crippen molar-refractivity contribution < 1.29 is 4.79 Å². The first-order valence-electron chi connectivity index (χ1n) is 7.95. The molecule has 0 aliphatic carbocycles. The van der Waals surface area contributed by atoms with E-state index in [1.165, 1.54) is 16.7 Å². The molecule has 0 fully saturated rings. The largest absolute Gasteiger partial charge is 0.355 e. The van der Waals surface area contributed by atoms with Gasteiger partial charge in [0.25, 0.3) is 0 Å². The van der Waals surface area contributed by atoms with E-state index < -0.39 is 0 Å². The summed E-state index contributed by atoms with van der Waals surface area (Å²) in [6.45, 7) is 1.51. The lowest BCUT2D eigenvalue weighted by Gasteiger charge is -2.25. The van der Waals surface area contributed by atoms with Crippen LogP contribution in [-0.4, -0.2) is 18.5 Å². The maximum atomic E-state index is 12.2. The van der Waals surface area contributed by atoms with Crippen LogP contribution in [0, 0.1) is 0 Å². The molecule has 2 aromatic rings. The highest BCUT2D eigenvalue weighted by molar-refractivity contribution is 5.85. The van der Waals surface area contributed by atoms with Crippen LogP contribution in [0.15, 0.2) is 54.6 Å². The molecule has 1 aliphatic rings. The summed E-state index contributed by atoms with van der Waals surface area (Å²) in [6, 6.07) is 18.6. The van der Waals surface area contributed by atoms with Gasteiger partial charge in [0.05, 0.1) is 6.04 Å². The Morgan fingerprint density at radius 3 is 2.52 bits per heavy atom. The molecule has 1 aliphatic heterocycles. The van der Waals surface area contributed by atoms with Gasteiger partial charge in [0.15, 0.2) is 0 Å². The van der Waals surface area contributed by atoms with Gasteiger partial charge in [-0.05, 0) is 36.0 Å². The molecule has 0 unspecified atom stereocenters. The fraction of sp³-hybridized carbons (Fsp3) is 0.316. The Kier molecular flexibility index (Phi) is 6.63. The van der Waals surface area contributed by atoms with E-state index in [9.17, 15) is 4.79 Å². The first kappa shape index (κ1) is 17.5. The third kappa shape index (κ3) is 4.81. The van der Waals surface area contributed by atoms with E-state index in [1.54, 1.807) is 0 Å². The Morgan fingerprint density at radius 2 is 1.74 bits per heavy atom. The zero-order chi connectivity index (χ0) is 15.2. The standard InChI is InChI=1S/C19H22N2O.ClH/c22-19(20-12-6-9-15-7-2-1-3-8-15)18-13-16-10-4-5-11-17(16)14-21-18;/h1-5,7-8,10-11,18,21H,6,9,12-14H2,(H,20,22);1H/t18-;/m0./s1. The van der Waals surface area contributed by atoms with Crippen molar-refractivity contribution in [2.45, 2.75) is 31.8 Å². The summed E-state index contributed by atoms with van der Waals surface area (Å²) in [7, 11) is 0. The molecule has 4 heteroatoms. The molecule has 2 aromatic carbocycles. The monoisotopic (exact) mass is 330 g/mol. The third-order valence-corrected chi connectivity index (χ3v) is 4.18. The number of carbonyl (C=O) groups is 1. The Morgan fingerprint density at radius 1 is 1.04 bits per heavy atom. The van der Waals surface area contributed by atoms with Crippen LogP contribution in [-0.2, 0) is 24.2 Å². The number of halogens is 1. The molecule has 2 N–H and O–H groups in total. The fourth-order valence-corrected chi connectivity index (χ4v) is 2.91. The smallest absolute Gasteiger partial charge is 0.237 e. The lowest BCUT2D eigenvalue weighted by molar-refractivity contribution is -0.123. The topological polar surface area (TPSA) is 41.1 Å². The van der Waals surface area contributed by atoms with Crippen molar-refractivity contribution in [3.05, 3.63) is 71.3 Å². The van der Waals surface area contributed by atoms with E-state index in [0.29, 0.717) is 0 Å². The molecule has 3 nitrogen and oxygen atoms in total. The van der Waals surface area contributed by atoms with Crippen LogP contribution in [0.4, 0.5) is 0 Å². The summed E-state index contributed by atoms with van der Waals surface area (Å²) in [4.78, 5) is 12.2. The van der Waals surface area contributed by atoms with Crippen molar-refractivity contribution in [3.8, 4) is 0 Å². The summed E-state index contributed by atoms with van der Waals surface area (Å²) in [6.07, 6.45) is 2.75. The van der Waals surface area contributed by atoms with E-state index in [4.69, 9.17) is 0 Å². The SMILES string of the molecule is Cl.O=C(NCCCc1ccccc1)[C@@H]1Cc2ccccc2CN1. The average Bonchev–Trinajstić information content (AvgIpc) is 2.59. The zero-order valence-corrected chi connectivity index (χ0v) is 13.9. The van der Waals surface area contributed by atoms with Gasteiger partial charge in [0.1, 0.15) is 0 Å². The van der Waals surface area contributed by atoms with Gasteiger partial charge in [-0.15, -0.1) is 12.4 Å². The minimum absolute atomic E-state index is 0. The maximum Gasteiger partial charge on any atom is 0.237 e. The highest BCUT2D eigenvalue weighted by atomic mass is 35.5. The summed E-state index contributed by atoms with van der Waals surface area (Å²) in [5.74, 6) is 0.113. The number of hydrogen-bond donors (Lipinski definition) is 2. The Bertz CT molecular complexity index is 630. The van der Waals surface area contributed by atoms with Crippen LogP contribution in [0.25, 0.3) is 0 Å². The third-order valence-electron chi connectivity index (χ3n) is 4.18. The number of aryl methyl sites for hydroxylation is 1. The summed E-state index contributed by atoms with van der Waals surface area (Å²) in [5, 5.41) is 6.37. The second kappa shape index (κ2) is 8.70. The maximum absolute atomic E-state index is 12.2. The highest BCUT2D eigenvalue weighted by Gasteiger charge is 2.23. The van der Waals surface area contributed by atoms with Gasteiger partial charge in [-0.3, -0.25) is 4.79 Å². The van der Waals surface area contributed by atoms with E-state index in [-0.39, 0.29) is 24.4 Å².